The number of rotatable bonds is 4. The van der Waals surface area contributed by atoms with Crippen LogP contribution in [0.3, 0.4) is 0 Å². The first-order chi connectivity index (χ1) is 8.19. The second kappa shape index (κ2) is 5.07. The first-order valence-corrected chi connectivity index (χ1v) is 6.05. The maximum absolute atomic E-state index is 5.25. The largest absolute Gasteiger partial charge is 0.361 e. The van der Waals surface area contributed by atoms with Gasteiger partial charge < -0.3 is 5.32 Å². The van der Waals surface area contributed by atoms with Gasteiger partial charge in [0.25, 0.3) is 0 Å². The Bertz CT molecular complexity index is 497. The van der Waals surface area contributed by atoms with Crippen LogP contribution in [0.25, 0.3) is 0 Å². The summed E-state index contributed by atoms with van der Waals surface area (Å²) in [5.41, 5.74) is 3.44. The Morgan fingerprint density at radius 2 is 2.24 bits per heavy atom. The molecule has 0 spiro atoms. The molecule has 2 heterocycles. The van der Waals surface area contributed by atoms with Crippen molar-refractivity contribution in [1.82, 2.24) is 15.0 Å². The fourth-order valence-electron chi connectivity index (χ4n) is 1.36. The number of nitrogens with two attached hydrogens (primary N) is 1. The molecule has 2 aromatic rings. The van der Waals surface area contributed by atoms with Crippen molar-refractivity contribution in [3.8, 4) is 0 Å². The molecule has 17 heavy (non-hydrogen) atoms. The minimum Gasteiger partial charge on any atom is -0.361 e. The highest BCUT2D eigenvalue weighted by Crippen LogP contribution is 2.21. The summed E-state index contributed by atoms with van der Waals surface area (Å²) in [5.74, 6) is 6.35. The highest BCUT2D eigenvalue weighted by Gasteiger charge is 2.10. The van der Waals surface area contributed by atoms with Gasteiger partial charge in [-0.1, -0.05) is 0 Å². The fraction of sp³-hybridized carbons (Fsp3) is 0.300. The van der Waals surface area contributed by atoms with Crippen LogP contribution in [0.4, 0.5) is 11.8 Å². The van der Waals surface area contributed by atoms with Gasteiger partial charge in [0.1, 0.15) is 10.8 Å². The predicted octanol–water partition coefficient (Wildman–Crippen LogP) is 1.70. The van der Waals surface area contributed by atoms with Crippen molar-refractivity contribution < 1.29 is 0 Å². The van der Waals surface area contributed by atoms with Crippen molar-refractivity contribution in [3.63, 3.8) is 0 Å². The van der Waals surface area contributed by atoms with Crippen molar-refractivity contribution >= 4 is 23.1 Å². The van der Waals surface area contributed by atoms with Gasteiger partial charge in [0.05, 0.1) is 6.04 Å². The minimum absolute atomic E-state index is 0.106. The van der Waals surface area contributed by atoms with Crippen LogP contribution in [0.5, 0.6) is 0 Å². The molecule has 0 amide bonds. The van der Waals surface area contributed by atoms with Crippen LogP contribution in [-0.2, 0) is 0 Å². The van der Waals surface area contributed by atoms with Crippen LogP contribution in [-0.4, -0.2) is 15.0 Å². The fourth-order valence-corrected chi connectivity index (χ4v) is 2.17. The normalized spacial score (nSPS) is 12.2. The molecule has 0 fully saturated rings. The van der Waals surface area contributed by atoms with Gasteiger partial charge in [-0.2, -0.15) is 4.98 Å². The molecule has 1 atom stereocenters. The maximum atomic E-state index is 5.25. The van der Waals surface area contributed by atoms with E-state index in [4.69, 9.17) is 5.84 Å². The Labute approximate surface area is 103 Å². The molecule has 0 saturated heterocycles. The smallest absolute Gasteiger partial charge is 0.239 e. The predicted molar refractivity (Wildman–Crippen MR) is 68.7 cm³/mol. The first kappa shape index (κ1) is 11.7. The summed E-state index contributed by atoms with van der Waals surface area (Å²) < 4.78 is 0. The maximum Gasteiger partial charge on any atom is 0.239 e. The number of aryl methyl sites for hydroxylation is 1. The summed E-state index contributed by atoms with van der Waals surface area (Å²) >= 11 is 1.63. The highest BCUT2D eigenvalue weighted by molar-refractivity contribution is 7.09. The third-order valence-electron chi connectivity index (χ3n) is 2.16. The van der Waals surface area contributed by atoms with E-state index in [-0.39, 0.29) is 6.04 Å². The summed E-state index contributed by atoms with van der Waals surface area (Å²) in [6, 6.07) is 1.90. The van der Waals surface area contributed by atoms with Crippen LogP contribution in [0, 0.1) is 6.92 Å². The molecular formula is C10H14N6S. The lowest BCUT2D eigenvalue weighted by Crippen LogP contribution is -2.13. The zero-order chi connectivity index (χ0) is 12.3. The quantitative estimate of drug-likeness (QED) is 0.565. The standard InChI is InChI=1S/C10H14N6S/c1-6-5-17-9(13-6)7(2)14-8-3-4-12-10(15-8)16-11/h3-5,7H,11H2,1-2H3,(H2,12,14,15,16). The Hall–Kier alpha value is -1.73. The van der Waals surface area contributed by atoms with E-state index in [2.05, 4.69) is 25.7 Å². The van der Waals surface area contributed by atoms with Crippen molar-refractivity contribution in [3.05, 3.63) is 28.3 Å². The highest BCUT2D eigenvalue weighted by atomic mass is 32.1. The molecule has 0 aromatic carbocycles. The second-order valence-electron chi connectivity index (χ2n) is 3.60. The van der Waals surface area contributed by atoms with E-state index in [1.807, 2.05) is 19.2 Å². The van der Waals surface area contributed by atoms with Crippen LogP contribution >= 0.6 is 11.3 Å². The van der Waals surface area contributed by atoms with E-state index >= 15 is 0 Å². The molecule has 1 unspecified atom stereocenters. The van der Waals surface area contributed by atoms with Crippen molar-refractivity contribution in [1.29, 1.82) is 0 Å². The van der Waals surface area contributed by atoms with Gasteiger partial charge in [-0.25, -0.2) is 15.8 Å². The summed E-state index contributed by atoms with van der Waals surface area (Å²) in [7, 11) is 0. The lowest BCUT2D eigenvalue weighted by molar-refractivity contribution is 0.853. The van der Waals surface area contributed by atoms with E-state index < -0.39 is 0 Å². The summed E-state index contributed by atoms with van der Waals surface area (Å²) in [5, 5.41) is 6.31. The van der Waals surface area contributed by atoms with Crippen LogP contribution in [0.1, 0.15) is 23.7 Å². The zero-order valence-corrected chi connectivity index (χ0v) is 10.5. The number of hydrogen-bond donors (Lipinski definition) is 3. The second-order valence-corrected chi connectivity index (χ2v) is 4.49. The molecule has 4 N–H and O–H groups in total. The van der Waals surface area contributed by atoms with Crippen molar-refractivity contribution in [2.24, 2.45) is 5.84 Å². The average Bonchev–Trinajstić information content (AvgIpc) is 2.76. The Kier molecular flexibility index (Phi) is 3.50. The van der Waals surface area contributed by atoms with Gasteiger partial charge in [0.15, 0.2) is 0 Å². The monoisotopic (exact) mass is 250 g/mol. The number of anilines is 2. The molecule has 6 nitrogen and oxygen atoms in total. The van der Waals surface area contributed by atoms with E-state index in [1.165, 1.54) is 0 Å². The van der Waals surface area contributed by atoms with Gasteiger partial charge in [0.2, 0.25) is 5.95 Å². The molecule has 0 aliphatic carbocycles. The first-order valence-electron chi connectivity index (χ1n) is 5.17. The Morgan fingerprint density at radius 1 is 1.41 bits per heavy atom. The van der Waals surface area contributed by atoms with E-state index in [9.17, 15) is 0 Å². The summed E-state index contributed by atoms with van der Waals surface area (Å²) in [6.45, 7) is 4.02. The molecule has 2 rings (SSSR count). The van der Waals surface area contributed by atoms with Gasteiger partial charge in [0, 0.05) is 17.3 Å². The lowest BCUT2D eigenvalue weighted by atomic mass is 10.3. The number of thiazole rings is 1. The molecule has 0 aliphatic heterocycles. The van der Waals surface area contributed by atoms with Gasteiger partial charge in [-0.15, -0.1) is 11.3 Å². The third kappa shape index (κ3) is 2.89. The third-order valence-corrected chi connectivity index (χ3v) is 3.30. The van der Waals surface area contributed by atoms with Crippen molar-refractivity contribution in [2.45, 2.75) is 19.9 Å². The molecule has 7 heteroatoms. The zero-order valence-electron chi connectivity index (χ0n) is 9.64. The molecule has 0 aliphatic rings. The molecule has 2 aromatic heterocycles. The molecule has 0 saturated carbocycles. The molecule has 90 valence electrons. The Morgan fingerprint density at radius 3 is 2.88 bits per heavy atom. The summed E-state index contributed by atoms with van der Waals surface area (Å²) in [4.78, 5) is 12.5. The number of hydrogen-bond acceptors (Lipinski definition) is 7. The minimum atomic E-state index is 0.106. The lowest BCUT2D eigenvalue weighted by Gasteiger charge is -2.12. The van der Waals surface area contributed by atoms with Crippen LogP contribution < -0.4 is 16.6 Å². The van der Waals surface area contributed by atoms with Crippen LogP contribution in [0.15, 0.2) is 17.6 Å². The topological polar surface area (TPSA) is 88.8 Å². The Balaban J connectivity index is 2.09. The number of nitrogen functional groups attached to an aromatic ring is 1. The van der Waals surface area contributed by atoms with Crippen LogP contribution in [0.2, 0.25) is 0 Å². The van der Waals surface area contributed by atoms with Crippen molar-refractivity contribution in [2.75, 3.05) is 10.7 Å². The van der Waals surface area contributed by atoms with E-state index in [1.54, 1.807) is 23.6 Å². The molecule has 0 bridgehead atoms. The number of aromatic nitrogens is 3. The SMILES string of the molecule is Cc1csc(C(C)Nc2ccnc(NN)n2)n1. The number of nitrogens with zero attached hydrogens (tertiary/aromatic N) is 3. The van der Waals surface area contributed by atoms with E-state index in [0.717, 1.165) is 10.7 Å². The summed E-state index contributed by atoms with van der Waals surface area (Å²) in [6.07, 6.45) is 1.64. The van der Waals surface area contributed by atoms with Gasteiger partial charge in [-0.05, 0) is 19.9 Å². The van der Waals surface area contributed by atoms with Gasteiger partial charge >= 0.3 is 0 Å². The number of nitrogens with one attached hydrogen (secondary N) is 2. The molecule has 0 radical (unpaired) electrons. The average molecular weight is 250 g/mol. The number of hydrazine groups is 1. The van der Waals surface area contributed by atoms with E-state index in [0.29, 0.717) is 11.8 Å². The van der Waals surface area contributed by atoms with Gasteiger partial charge in [-0.3, -0.25) is 5.43 Å². The molecular weight excluding hydrogens is 236 g/mol.